The summed E-state index contributed by atoms with van der Waals surface area (Å²) in [6.07, 6.45) is 5.74. The third-order valence-electron chi connectivity index (χ3n) is 3.90. The van der Waals surface area contributed by atoms with Gasteiger partial charge in [0.1, 0.15) is 12.4 Å². The maximum absolute atomic E-state index is 5.91. The van der Waals surface area contributed by atoms with Crippen LogP contribution in [0.15, 0.2) is 24.5 Å². The number of piperidine rings is 1. The van der Waals surface area contributed by atoms with E-state index in [9.17, 15) is 0 Å². The van der Waals surface area contributed by atoms with Gasteiger partial charge in [0.2, 0.25) is 0 Å². The first-order valence-electron chi connectivity index (χ1n) is 7.13. The molecule has 0 radical (unpaired) electrons. The summed E-state index contributed by atoms with van der Waals surface area (Å²) in [4.78, 5) is 9.84. The second-order valence-electron chi connectivity index (χ2n) is 5.34. The topological polar surface area (TPSA) is 41.1 Å². The van der Waals surface area contributed by atoms with E-state index in [1.807, 2.05) is 18.2 Å². The molecule has 4 heteroatoms. The van der Waals surface area contributed by atoms with Gasteiger partial charge in [0.25, 0.3) is 0 Å². The maximum atomic E-state index is 5.91. The number of hydrogen-bond donors (Lipinski definition) is 1. The molecule has 0 bridgehead atoms. The zero-order valence-corrected chi connectivity index (χ0v) is 11.4. The van der Waals surface area contributed by atoms with Crippen LogP contribution in [0.2, 0.25) is 0 Å². The number of rotatable bonds is 4. The Labute approximate surface area is 113 Å². The Morgan fingerprint density at radius 1 is 1.32 bits per heavy atom. The number of benzene rings is 1. The molecule has 0 amide bonds. The lowest BCUT2D eigenvalue weighted by Gasteiger charge is -2.32. The fraction of sp³-hybridized carbons (Fsp3) is 0.533. The average molecular weight is 259 g/mol. The van der Waals surface area contributed by atoms with Crippen molar-refractivity contribution in [2.24, 2.45) is 0 Å². The summed E-state index contributed by atoms with van der Waals surface area (Å²) in [5, 5.41) is 0. The fourth-order valence-electron chi connectivity index (χ4n) is 2.69. The van der Waals surface area contributed by atoms with Crippen molar-refractivity contribution in [3.8, 4) is 5.75 Å². The van der Waals surface area contributed by atoms with E-state index in [1.165, 1.54) is 32.4 Å². The van der Waals surface area contributed by atoms with Crippen molar-refractivity contribution in [2.45, 2.75) is 32.2 Å². The molecule has 1 fully saturated rings. The van der Waals surface area contributed by atoms with E-state index in [1.54, 1.807) is 6.33 Å². The van der Waals surface area contributed by atoms with Crippen molar-refractivity contribution < 1.29 is 4.74 Å². The van der Waals surface area contributed by atoms with Gasteiger partial charge in [-0.2, -0.15) is 0 Å². The molecule has 19 heavy (non-hydrogen) atoms. The quantitative estimate of drug-likeness (QED) is 0.918. The summed E-state index contributed by atoms with van der Waals surface area (Å²) < 4.78 is 5.91. The van der Waals surface area contributed by atoms with Crippen LogP contribution in [0, 0.1) is 0 Å². The lowest BCUT2D eigenvalue weighted by molar-refractivity contribution is 0.125. The van der Waals surface area contributed by atoms with Crippen LogP contribution in [0.25, 0.3) is 11.0 Å². The van der Waals surface area contributed by atoms with Crippen LogP contribution in [0.1, 0.15) is 26.2 Å². The minimum absolute atomic E-state index is 0.484. The number of hydrogen-bond acceptors (Lipinski definition) is 3. The van der Waals surface area contributed by atoms with E-state index in [0.29, 0.717) is 6.04 Å². The molecule has 2 heterocycles. The van der Waals surface area contributed by atoms with Gasteiger partial charge in [0, 0.05) is 12.1 Å². The zero-order chi connectivity index (χ0) is 13.1. The van der Waals surface area contributed by atoms with Crippen molar-refractivity contribution in [3.05, 3.63) is 24.5 Å². The highest BCUT2D eigenvalue weighted by atomic mass is 16.5. The molecule has 1 N–H and O–H groups in total. The van der Waals surface area contributed by atoms with E-state index >= 15 is 0 Å². The van der Waals surface area contributed by atoms with Gasteiger partial charge in [0.05, 0.1) is 17.4 Å². The van der Waals surface area contributed by atoms with E-state index in [-0.39, 0.29) is 0 Å². The number of likely N-dealkylation sites (tertiary alicyclic amines) is 1. The highest BCUT2D eigenvalue weighted by Crippen LogP contribution is 2.19. The minimum Gasteiger partial charge on any atom is -0.492 e. The van der Waals surface area contributed by atoms with Crippen LogP contribution in [0.5, 0.6) is 5.75 Å². The summed E-state index contributed by atoms with van der Waals surface area (Å²) in [7, 11) is 0. The standard InChI is InChI=1S/C15H21N3O/c1-12(18-7-3-2-4-8-18)10-19-13-5-6-14-15(9-13)17-11-16-14/h5-6,9,11-12H,2-4,7-8,10H2,1H3,(H,16,17). The van der Waals surface area contributed by atoms with Crippen molar-refractivity contribution in [1.82, 2.24) is 14.9 Å². The summed E-state index contributed by atoms with van der Waals surface area (Å²) in [5.74, 6) is 0.917. The van der Waals surface area contributed by atoms with Gasteiger partial charge in [-0.05, 0) is 45.0 Å². The van der Waals surface area contributed by atoms with E-state index in [4.69, 9.17) is 4.74 Å². The SMILES string of the molecule is CC(COc1ccc2nc[nH]c2c1)N1CCCCC1. The normalized spacial score (nSPS) is 18.6. The Morgan fingerprint density at radius 3 is 3.00 bits per heavy atom. The lowest BCUT2D eigenvalue weighted by Crippen LogP contribution is -2.40. The largest absolute Gasteiger partial charge is 0.492 e. The van der Waals surface area contributed by atoms with Gasteiger partial charge in [-0.25, -0.2) is 4.98 Å². The predicted octanol–water partition coefficient (Wildman–Crippen LogP) is 2.82. The Bertz CT molecular complexity index is 531. The first kappa shape index (κ1) is 12.5. The zero-order valence-electron chi connectivity index (χ0n) is 11.4. The number of nitrogens with one attached hydrogen (secondary N) is 1. The first-order valence-corrected chi connectivity index (χ1v) is 7.13. The van der Waals surface area contributed by atoms with Crippen LogP contribution in [-0.4, -0.2) is 40.6 Å². The van der Waals surface area contributed by atoms with Crippen LogP contribution in [0.3, 0.4) is 0 Å². The number of ether oxygens (including phenoxy) is 1. The number of aromatic nitrogens is 2. The molecule has 102 valence electrons. The summed E-state index contributed by atoms with van der Waals surface area (Å²) in [5.41, 5.74) is 2.01. The van der Waals surface area contributed by atoms with E-state index < -0.39 is 0 Å². The van der Waals surface area contributed by atoms with Gasteiger partial charge in [-0.15, -0.1) is 0 Å². The second kappa shape index (κ2) is 5.61. The Hall–Kier alpha value is -1.55. The van der Waals surface area contributed by atoms with Crippen LogP contribution >= 0.6 is 0 Å². The number of aromatic amines is 1. The van der Waals surface area contributed by atoms with Crippen molar-refractivity contribution in [2.75, 3.05) is 19.7 Å². The number of imidazole rings is 1. The van der Waals surface area contributed by atoms with Gasteiger partial charge >= 0.3 is 0 Å². The summed E-state index contributed by atoms with van der Waals surface area (Å²) >= 11 is 0. The van der Waals surface area contributed by atoms with Gasteiger partial charge in [0.15, 0.2) is 0 Å². The predicted molar refractivity (Wildman–Crippen MR) is 76.5 cm³/mol. The van der Waals surface area contributed by atoms with Gasteiger partial charge < -0.3 is 9.72 Å². The molecule has 0 aliphatic carbocycles. The van der Waals surface area contributed by atoms with E-state index in [2.05, 4.69) is 21.8 Å². The summed E-state index contributed by atoms with van der Waals surface area (Å²) in [6.45, 7) is 5.42. The molecular formula is C15H21N3O. The molecule has 1 aromatic heterocycles. The maximum Gasteiger partial charge on any atom is 0.121 e. The minimum atomic E-state index is 0.484. The van der Waals surface area contributed by atoms with Gasteiger partial charge in [-0.3, -0.25) is 4.90 Å². The Balaban J connectivity index is 1.58. The number of H-pyrrole nitrogens is 1. The molecule has 1 aliphatic heterocycles. The molecule has 0 saturated carbocycles. The Morgan fingerprint density at radius 2 is 2.16 bits per heavy atom. The molecule has 1 unspecified atom stereocenters. The molecule has 1 aromatic carbocycles. The summed E-state index contributed by atoms with van der Waals surface area (Å²) in [6, 6.07) is 6.49. The second-order valence-corrected chi connectivity index (χ2v) is 5.34. The monoisotopic (exact) mass is 259 g/mol. The molecule has 3 rings (SSSR count). The molecule has 2 aromatic rings. The Kier molecular flexibility index (Phi) is 3.69. The van der Waals surface area contributed by atoms with Crippen molar-refractivity contribution >= 4 is 11.0 Å². The third-order valence-corrected chi connectivity index (χ3v) is 3.90. The number of nitrogens with zero attached hydrogens (tertiary/aromatic N) is 2. The third kappa shape index (κ3) is 2.89. The molecule has 0 spiro atoms. The molecular weight excluding hydrogens is 238 g/mol. The van der Waals surface area contributed by atoms with Crippen LogP contribution in [0.4, 0.5) is 0 Å². The van der Waals surface area contributed by atoms with Crippen molar-refractivity contribution in [3.63, 3.8) is 0 Å². The first-order chi connectivity index (χ1) is 9.33. The molecule has 1 aliphatic rings. The molecule has 1 saturated heterocycles. The lowest BCUT2D eigenvalue weighted by atomic mass is 10.1. The highest BCUT2D eigenvalue weighted by molar-refractivity contribution is 5.75. The molecule has 4 nitrogen and oxygen atoms in total. The fourth-order valence-corrected chi connectivity index (χ4v) is 2.69. The smallest absolute Gasteiger partial charge is 0.121 e. The molecule has 1 atom stereocenters. The number of fused-ring (bicyclic) bond motifs is 1. The average Bonchev–Trinajstić information content (AvgIpc) is 2.93. The van der Waals surface area contributed by atoms with E-state index in [0.717, 1.165) is 23.4 Å². The van der Waals surface area contributed by atoms with Crippen LogP contribution < -0.4 is 4.74 Å². The van der Waals surface area contributed by atoms with Crippen LogP contribution in [-0.2, 0) is 0 Å². The van der Waals surface area contributed by atoms with Crippen molar-refractivity contribution in [1.29, 1.82) is 0 Å². The highest BCUT2D eigenvalue weighted by Gasteiger charge is 2.17. The van der Waals surface area contributed by atoms with Gasteiger partial charge in [-0.1, -0.05) is 6.42 Å².